The molecule has 4 rings (SSSR count). The van der Waals surface area contributed by atoms with Crippen LogP contribution in [0.1, 0.15) is 0 Å². The molecule has 150 valence electrons. The zero-order valence-corrected chi connectivity index (χ0v) is 16.1. The Bertz CT molecular complexity index is 950. The van der Waals surface area contributed by atoms with Gasteiger partial charge in [0.25, 0.3) is 0 Å². The second kappa shape index (κ2) is 9.01. The molecule has 0 atom stereocenters. The zero-order chi connectivity index (χ0) is 19.9. The molecule has 2 N–H and O–H groups in total. The van der Waals surface area contributed by atoms with Crippen LogP contribution in [0.3, 0.4) is 0 Å². The van der Waals surface area contributed by atoms with Crippen molar-refractivity contribution in [2.24, 2.45) is 0 Å². The first-order chi connectivity index (χ1) is 14.3. The lowest BCUT2D eigenvalue weighted by Gasteiger charge is -2.19. The van der Waals surface area contributed by atoms with E-state index in [1.54, 1.807) is 19.4 Å². The maximum absolute atomic E-state index is 5.69. The fourth-order valence-electron chi connectivity index (χ4n) is 2.79. The molecule has 0 fully saturated rings. The molecular weight excluding hydrogens is 372 g/mol. The van der Waals surface area contributed by atoms with Crippen molar-refractivity contribution in [3.05, 3.63) is 54.7 Å². The number of rotatable bonds is 8. The van der Waals surface area contributed by atoms with Crippen LogP contribution in [0, 0.1) is 0 Å². The van der Waals surface area contributed by atoms with E-state index in [2.05, 4.69) is 20.6 Å². The zero-order valence-electron chi connectivity index (χ0n) is 16.1. The molecule has 0 saturated heterocycles. The third-order valence-electron chi connectivity index (χ3n) is 4.18. The Hall–Kier alpha value is -3.68. The number of ether oxygens (including phenoxy) is 4. The average Bonchev–Trinajstić information content (AvgIpc) is 2.77. The van der Waals surface area contributed by atoms with Gasteiger partial charge in [0.15, 0.2) is 11.5 Å². The number of hydrogen-bond donors (Lipinski definition) is 2. The quantitative estimate of drug-likeness (QED) is 0.562. The highest BCUT2D eigenvalue weighted by molar-refractivity contribution is 5.62. The number of hydrogen-bond acceptors (Lipinski definition) is 8. The third kappa shape index (κ3) is 4.98. The van der Waals surface area contributed by atoms with Crippen LogP contribution in [0.4, 0.5) is 17.5 Å². The van der Waals surface area contributed by atoms with Crippen molar-refractivity contribution in [2.45, 2.75) is 0 Å². The lowest BCUT2D eigenvalue weighted by molar-refractivity contribution is 0.171. The number of anilines is 3. The van der Waals surface area contributed by atoms with Gasteiger partial charge in [0.1, 0.15) is 37.1 Å². The van der Waals surface area contributed by atoms with Gasteiger partial charge in [0.2, 0.25) is 5.95 Å². The summed E-state index contributed by atoms with van der Waals surface area (Å²) in [6.07, 6.45) is 1.69. The molecular formula is C21H22N4O4. The van der Waals surface area contributed by atoms with Crippen molar-refractivity contribution in [3.63, 3.8) is 0 Å². The molecule has 0 aliphatic carbocycles. The number of benzene rings is 2. The molecule has 3 aromatic rings. The number of methoxy groups -OCH3 is 1. The van der Waals surface area contributed by atoms with Gasteiger partial charge in [0, 0.05) is 18.0 Å². The predicted octanol–water partition coefficient (Wildman–Crippen LogP) is 3.49. The molecule has 8 nitrogen and oxygen atoms in total. The van der Waals surface area contributed by atoms with Crippen LogP contribution in [0.2, 0.25) is 0 Å². The monoisotopic (exact) mass is 394 g/mol. The fourth-order valence-corrected chi connectivity index (χ4v) is 2.79. The van der Waals surface area contributed by atoms with Crippen molar-refractivity contribution >= 4 is 17.5 Å². The molecule has 0 unspecified atom stereocenters. The highest BCUT2D eigenvalue weighted by atomic mass is 16.6. The average molecular weight is 394 g/mol. The first kappa shape index (κ1) is 18.7. The molecule has 0 saturated carbocycles. The van der Waals surface area contributed by atoms with Crippen molar-refractivity contribution in [1.29, 1.82) is 0 Å². The molecule has 0 spiro atoms. The summed E-state index contributed by atoms with van der Waals surface area (Å²) in [4.78, 5) is 8.71. The largest absolute Gasteiger partial charge is 0.497 e. The van der Waals surface area contributed by atoms with E-state index in [1.165, 1.54) is 0 Å². The molecule has 0 amide bonds. The Kier molecular flexibility index (Phi) is 5.80. The van der Waals surface area contributed by atoms with Crippen molar-refractivity contribution in [1.82, 2.24) is 9.97 Å². The molecule has 1 aliphatic rings. The molecule has 29 heavy (non-hydrogen) atoms. The highest BCUT2D eigenvalue weighted by Crippen LogP contribution is 2.33. The SMILES string of the molecule is COc1ccc(OCCNc2nccc(Nc3ccc4c(c3)OCCO4)n2)cc1. The normalized spacial score (nSPS) is 12.2. The maximum Gasteiger partial charge on any atom is 0.224 e. The first-order valence-corrected chi connectivity index (χ1v) is 9.30. The summed E-state index contributed by atoms with van der Waals surface area (Å²) in [5, 5.41) is 6.41. The second-order valence-electron chi connectivity index (χ2n) is 6.20. The van der Waals surface area contributed by atoms with Gasteiger partial charge in [0.05, 0.1) is 13.7 Å². The van der Waals surface area contributed by atoms with E-state index in [4.69, 9.17) is 18.9 Å². The smallest absolute Gasteiger partial charge is 0.224 e. The van der Waals surface area contributed by atoms with Gasteiger partial charge in [-0.05, 0) is 42.5 Å². The van der Waals surface area contributed by atoms with E-state index in [0.717, 1.165) is 28.7 Å². The molecule has 2 aromatic carbocycles. The first-order valence-electron chi connectivity index (χ1n) is 9.30. The van der Waals surface area contributed by atoms with Gasteiger partial charge in [-0.15, -0.1) is 0 Å². The van der Waals surface area contributed by atoms with Crippen molar-refractivity contribution in [3.8, 4) is 23.0 Å². The Morgan fingerprint density at radius 1 is 0.966 bits per heavy atom. The van der Waals surface area contributed by atoms with E-state index in [0.29, 0.717) is 38.1 Å². The minimum absolute atomic E-state index is 0.482. The standard InChI is InChI=1S/C21H22N4O4/c1-26-16-3-5-17(6-4-16)27-11-10-23-21-22-9-8-20(25-21)24-15-2-7-18-19(14-15)29-13-12-28-18/h2-9,14H,10-13H2,1H3,(H2,22,23,24,25). The van der Waals surface area contributed by atoms with Gasteiger partial charge in [-0.3, -0.25) is 0 Å². The maximum atomic E-state index is 5.69. The molecule has 0 bridgehead atoms. The Balaban J connectivity index is 1.29. The highest BCUT2D eigenvalue weighted by Gasteiger charge is 2.12. The van der Waals surface area contributed by atoms with Gasteiger partial charge >= 0.3 is 0 Å². The van der Waals surface area contributed by atoms with Gasteiger partial charge < -0.3 is 29.6 Å². The van der Waals surface area contributed by atoms with E-state index in [-0.39, 0.29) is 0 Å². The summed E-state index contributed by atoms with van der Waals surface area (Å²) in [6.45, 7) is 2.18. The van der Waals surface area contributed by atoms with Gasteiger partial charge in [-0.25, -0.2) is 4.98 Å². The van der Waals surface area contributed by atoms with E-state index in [1.807, 2.05) is 42.5 Å². The summed E-state index contributed by atoms with van der Waals surface area (Å²) in [6, 6.07) is 15.0. The Morgan fingerprint density at radius 3 is 2.59 bits per heavy atom. The topological polar surface area (TPSA) is 86.8 Å². The number of aromatic nitrogens is 2. The van der Waals surface area contributed by atoms with Crippen LogP contribution in [0.5, 0.6) is 23.0 Å². The molecule has 1 aliphatic heterocycles. The summed E-state index contributed by atoms with van der Waals surface area (Å²) in [5.41, 5.74) is 0.863. The van der Waals surface area contributed by atoms with Gasteiger partial charge in [-0.1, -0.05) is 0 Å². The van der Waals surface area contributed by atoms with Crippen molar-refractivity contribution in [2.75, 3.05) is 44.1 Å². The van der Waals surface area contributed by atoms with Crippen LogP contribution in [0.25, 0.3) is 0 Å². The summed E-state index contributed by atoms with van der Waals surface area (Å²) in [7, 11) is 1.64. The lowest BCUT2D eigenvalue weighted by Crippen LogP contribution is -2.15. The van der Waals surface area contributed by atoms with Crippen LogP contribution in [-0.2, 0) is 0 Å². The lowest BCUT2D eigenvalue weighted by atomic mass is 10.2. The Labute approximate surface area is 168 Å². The second-order valence-corrected chi connectivity index (χ2v) is 6.20. The van der Waals surface area contributed by atoms with E-state index >= 15 is 0 Å². The van der Waals surface area contributed by atoms with Gasteiger partial charge in [-0.2, -0.15) is 4.98 Å². The Morgan fingerprint density at radius 2 is 1.76 bits per heavy atom. The molecule has 1 aromatic heterocycles. The third-order valence-corrected chi connectivity index (χ3v) is 4.18. The van der Waals surface area contributed by atoms with Crippen LogP contribution in [0.15, 0.2) is 54.7 Å². The summed E-state index contributed by atoms with van der Waals surface area (Å²) < 4.78 is 22.0. The number of nitrogens with one attached hydrogen (secondary N) is 2. The van der Waals surface area contributed by atoms with E-state index < -0.39 is 0 Å². The summed E-state index contributed by atoms with van der Waals surface area (Å²) in [5.74, 6) is 4.25. The van der Waals surface area contributed by atoms with Crippen LogP contribution in [-0.4, -0.2) is 43.4 Å². The van der Waals surface area contributed by atoms with Crippen molar-refractivity contribution < 1.29 is 18.9 Å². The van der Waals surface area contributed by atoms with E-state index in [9.17, 15) is 0 Å². The molecule has 8 heteroatoms. The summed E-state index contributed by atoms with van der Waals surface area (Å²) >= 11 is 0. The number of nitrogens with zero attached hydrogens (tertiary/aromatic N) is 2. The van der Waals surface area contributed by atoms with Crippen LogP contribution < -0.4 is 29.6 Å². The van der Waals surface area contributed by atoms with Crippen LogP contribution >= 0.6 is 0 Å². The predicted molar refractivity (Wildman–Crippen MR) is 110 cm³/mol. The minimum atomic E-state index is 0.482. The molecule has 0 radical (unpaired) electrons. The minimum Gasteiger partial charge on any atom is -0.497 e. The number of fused-ring (bicyclic) bond motifs is 1. The molecule has 2 heterocycles. The fraction of sp³-hybridized carbons (Fsp3) is 0.238.